The van der Waals surface area contributed by atoms with Gasteiger partial charge in [0.05, 0.1) is 5.57 Å². The number of nitrogens with two attached hydrogens (primary N) is 2. The Kier molecular flexibility index (Phi) is 3.36. The fraction of sp³-hybridized carbons (Fsp3) is 0.167. The van der Waals surface area contributed by atoms with Crippen molar-refractivity contribution < 1.29 is 13.9 Å². The topological polar surface area (TPSA) is 78.3 Å². The Bertz CT molecular complexity index is 823. The molecule has 23 heavy (non-hydrogen) atoms. The molecule has 4 nitrogen and oxygen atoms in total. The summed E-state index contributed by atoms with van der Waals surface area (Å²) in [6, 6.07) is 11.1. The summed E-state index contributed by atoms with van der Waals surface area (Å²) in [5.74, 6) is -0.352. The monoisotopic (exact) mass is 312 g/mol. The van der Waals surface area contributed by atoms with Gasteiger partial charge in [0.25, 0.3) is 0 Å². The highest BCUT2D eigenvalue weighted by Crippen LogP contribution is 2.44. The van der Waals surface area contributed by atoms with E-state index in [1.54, 1.807) is 44.2 Å². The number of nitrogen functional groups attached to an aromatic ring is 1. The molecule has 0 radical (unpaired) electrons. The van der Waals surface area contributed by atoms with Crippen LogP contribution in [-0.4, -0.2) is 11.5 Å². The minimum Gasteiger partial charge on any atom is -0.482 e. The maximum absolute atomic E-state index is 13.3. The maximum atomic E-state index is 13.3. The third kappa shape index (κ3) is 2.54. The van der Waals surface area contributed by atoms with Crippen molar-refractivity contribution in [3.05, 3.63) is 65.0 Å². The Morgan fingerprint density at radius 3 is 2.39 bits per heavy atom. The van der Waals surface area contributed by atoms with Crippen LogP contribution in [0.25, 0.3) is 5.57 Å². The Morgan fingerprint density at radius 2 is 1.78 bits per heavy atom. The molecule has 1 aliphatic rings. The van der Waals surface area contributed by atoms with Crippen molar-refractivity contribution in [3.63, 3.8) is 0 Å². The second kappa shape index (κ2) is 5.12. The SMILES string of the molecule is CC1(C)Oc2cc(N)ccc2C(c2ccc(F)cc2)=C1C(N)=O. The average molecular weight is 312 g/mol. The Hall–Kier alpha value is -2.82. The molecule has 0 unspecified atom stereocenters. The number of hydrogen-bond donors (Lipinski definition) is 2. The van der Waals surface area contributed by atoms with Gasteiger partial charge in [-0.25, -0.2) is 4.39 Å². The van der Waals surface area contributed by atoms with Crippen molar-refractivity contribution in [2.24, 2.45) is 5.73 Å². The highest BCUT2D eigenvalue weighted by atomic mass is 19.1. The minimum absolute atomic E-state index is 0.348. The summed E-state index contributed by atoms with van der Waals surface area (Å²) in [5.41, 5.74) is 13.5. The number of fused-ring (bicyclic) bond motifs is 1. The van der Waals surface area contributed by atoms with E-state index in [-0.39, 0.29) is 5.82 Å². The summed E-state index contributed by atoms with van der Waals surface area (Å²) < 4.78 is 19.2. The second-order valence-corrected chi connectivity index (χ2v) is 5.99. The number of anilines is 1. The standard InChI is InChI=1S/C18H17FN2O2/c1-18(2)16(17(21)22)15(10-3-5-11(19)6-4-10)13-8-7-12(20)9-14(13)23-18/h3-9H,20H2,1-2H3,(H2,21,22). The quantitative estimate of drug-likeness (QED) is 0.837. The molecule has 2 aromatic carbocycles. The molecule has 1 amide bonds. The first kappa shape index (κ1) is 15.1. The van der Waals surface area contributed by atoms with Crippen LogP contribution < -0.4 is 16.2 Å². The van der Waals surface area contributed by atoms with Crippen LogP contribution in [0.5, 0.6) is 5.75 Å². The van der Waals surface area contributed by atoms with Crippen molar-refractivity contribution in [2.45, 2.75) is 19.4 Å². The molecule has 0 saturated carbocycles. The minimum atomic E-state index is -0.920. The van der Waals surface area contributed by atoms with Gasteiger partial charge in [-0.05, 0) is 43.7 Å². The molecule has 0 spiro atoms. The maximum Gasteiger partial charge on any atom is 0.249 e. The van der Waals surface area contributed by atoms with E-state index in [9.17, 15) is 9.18 Å². The number of rotatable bonds is 2. The molecular weight excluding hydrogens is 295 g/mol. The van der Waals surface area contributed by atoms with Crippen molar-refractivity contribution in [1.29, 1.82) is 0 Å². The predicted molar refractivity (Wildman–Crippen MR) is 87.2 cm³/mol. The number of halogens is 1. The van der Waals surface area contributed by atoms with Gasteiger partial charge in [0.2, 0.25) is 5.91 Å². The van der Waals surface area contributed by atoms with Gasteiger partial charge in [-0.1, -0.05) is 12.1 Å². The predicted octanol–water partition coefficient (Wildman–Crippen LogP) is 2.87. The normalized spacial score (nSPS) is 15.8. The van der Waals surface area contributed by atoms with Gasteiger partial charge >= 0.3 is 0 Å². The van der Waals surface area contributed by atoms with E-state index in [2.05, 4.69) is 0 Å². The number of hydrogen-bond acceptors (Lipinski definition) is 3. The van der Waals surface area contributed by atoms with E-state index >= 15 is 0 Å². The molecule has 0 aromatic heterocycles. The Balaban J connectivity index is 2.36. The summed E-state index contributed by atoms with van der Waals surface area (Å²) in [6.45, 7) is 3.53. The lowest BCUT2D eigenvalue weighted by Gasteiger charge is -2.36. The Labute approximate surface area is 133 Å². The van der Waals surface area contributed by atoms with Crippen molar-refractivity contribution in [1.82, 2.24) is 0 Å². The number of amides is 1. The van der Waals surface area contributed by atoms with E-state index in [0.717, 1.165) is 0 Å². The molecule has 4 N–H and O–H groups in total. The van der Waals surface area contributed by atoms with Gasteiger partial charge in [0.15, 0.2) is 0 Å². The lowest BCUT2D eigenvalue weighted by atomic mass is 9.82. The average Bonchev–Trinajstić information content (AvgIpc) is 2.45. The molecule has 5 heteroatoms. The van der Waals surface area contributed by atoms with E-state index in [4.69, 9.17) is 16.2 Å². The molecule has 0 saturated heterocycles. The highest BCUT2D eigenvalue weighted by molar-refractivity contribution is 6.07. The number of carbonyl (C=O) groups is 1. The fourth-order valence-corrected chi connectivity index (χ4v) is 2.93. The molecule has 2 aromatic rings. The number of ether oxygens (including phenoxy) is 1. The molecule has 0 bridgehead atoms. The zero-order valence-electron chi connectivity index (χ0n) is 12.9. The summed E-state index contributed by atoms with van der Waals surface area (Å²) in [6.07, 6.45) is 0. The van der Waals surface area contributed by atoms with Gasteiger partial charge in [-0.2, -0.15) is 0 Å². The van der Waals surface area contributed by atoms with Crippen LogP contribution in [0.2, 0.25) is 0 Å². The number of primary amides is 1. The molecule has 3 rings (SSSR count). The molecule has 118 valence electrons. The summed E-state index contributed by atoms with van der Waals surface area (Å²) in [5, 5.41) is 0. The summed E-state index contributed by atoms with van der Waals surface area (Å²) in [4.78, 5) is 12.1. The number of carbonyl (C=O) groups excluding carboxylic acids is 1. The van der Waals surface area contributed by atoms with E-state index in [0.29, 0.717) is 33.7 Å². The molecule has 0 atom stereocenters. The second-order valence-electron chi connectivity index (χ2n) is 5.99. The Morgan fingerprint density at radius 1 is 1.13 bits per heavy atom. The smallest absolute Gasteiger partial charge is 0.249 e. The van der Waals surface area contributed by atoms with Crippen LogP contribution in [0.4, 0.5) is 10.1 Å². The van der Waals surface area contributed by atoms with Crippen LogP contribution in [0.1, 0.15) is 25.0 Å². The number of benzene rings is 2. The van der Waals surface area contributed by atoms with E-state index in [1.165, 1.54) is 12.1 Å². The van der Waals surface area contributed by atoms with Crippen LogP contribution in [-0.2, 0) is 4.79 Å². The first-order valence-electron chi connectivity index (χ1n) is 7.19. The molecule has 1 aliphatic heterocycles. The molecule has 0 fully saturated rings. The molecule has 0 aliphatic carbocycles. The first-order chi connectivity index (χ1) is 10.8. The van der Waals surface area contributed by atoms with Gasteiger partial charge < -0.3 is 16.2 Å². The van der Waals surface area contributed by atoms with Crippen LogP contribution >= 0.6 is 0 Å². The van der Waals surface area contributed by atoms with Gasteiger partial charge in [-0.3, -0.25) is 4.79 Å². The summed E-state index contributed by atoms with van der Waals surface area (Å²) in [7, 11) is 0. The third-order valence-corrected chi connectivity index (χ3v) is 3.87. The lowest BCUT2D eigenvalue weighted by Crippen LogP contribution is -2.41. The zero-order valence-corrected chi connectivity index (χ0v) is 12.9. The summed E-state index contributed by atoms with van der Waals surface area (Å²) >= 11 is 0. The molecule has 1 heterocycles. The van der Waals surface area contributed by atoms with Crippen molar-refractivity contribution >= 4 is 17.2 Å². The van der Waals surface area contributed by atoms with E-state index in [1.807, 2.05) is 0 Å². The third-order valence-electron chi connectivity index (χ3n) is 3.87. The highest BCUT2D eigenvalue weighted by Gasteiger charge is 2.38. The lowest BCUT2D eigenvalue weighted by molar-refractivity contribution is -0.116. The van der Waals surface area contributed by atoms with Crippen molar-refractivity contribution in [3.8, 4) is 5.75 Å². The molecular formula is C18H17FN2O2. The van der Waals surface area contributed by atoms with Gasteiger partial charge in [-0.15, -0.1) is 0 Å². The van der Waals surface area contributed by atoms with Crippen LogP contribution in [0.3, 0.4) is 0 Å². The van der Waals surface area contributed by atoms with Crippen LogP contribution in [0, 0.1) is 5.82 Å². The fourth-order valence-electron chi connectivity index (χ4n) is 2.93. The van der Waals surface area contributed by atoms with Crippen LogP contribution in [0.15, 0.2) is 48.0 Å². The largest absolute Gasteiger partial charge is 0.482 e. The zero-order chi connectivity index (χ0) is 16.8. The van der Waals surface area contributed by atoms with E-state index < -0.39 is 11.5 Å². The first-order valence-corrected chi connectivity index (χ1v) is 7.19. The van der Waals surface area contributed by atoms with Gasteiger partial charge in [0, 0.05) is 22.9 Å². The van der Waals surface area contributed by atoms with Gasteiger partial charge in [0.1, 0.15) is 17.2 Å². The van der Waals surface area contributed by atoms with Crippen molar-refractivity contribution in [2.75, 3.05) is 5.73 Å².